The van der Waals surface area contributed by atoms with Crippen LogP contribution in [0.2, 0.25) is 0 Å². The lowest BCUT2D eigenvalue weighted by atomic mass is 9.94. The predicted octanol–water partition coefficient (Wildman–Crippen LogP) is 2.74. The zero-order chi connectivity index (χ0) is 18.4. The molecule has 0 radical (unpaired) electrons. The maximum absolute atomic E-state index is 12.4. The Bertz CT molecular complexity index is 655. The molecule has 3 rings (SSSR count). The average Bonchev–Trinajstić information content (AvgIpc) is 3.15. The van der Waals surface area contributed by atoms with E-state index in [4.69, 9.17) is 9.26 Å². The Hall–Kier alpha value is -0.990. The first-order chi connectivity index (χ1) is 12.6. The fourth-order valence-electron chi connectivity index (χ4n) is 3.78. The normalized spacial score (nSPS) is 23.3. The van der Waals surface area contributed by atoms with Crippen LogP contribution in [0.5, 0.6) is 0 Å². The molecule has 0 spiro atoms. The molecule has 1 aromatic rings. The lowest BCUT2D eigenvalue weighted by Crippen LogP contribution is -2.41. The van der Waals surface area contributed by atoms with E-state index in [1.165, 1.54) is 0 Å². The second-order valence-electron chi connectivity index (χ2n) is 7.51. The van der Waals surface area contributed by atoms with Crippen molar-refractivity contribution in [3.63, 3.8) is 0 Å². The van der Waals surface area contributed by atoms with Gasteiger partial charge in [-0.15, -0.1) is 0 Å². The number of aromatic nitrogens is 2. The van der Waals surface area contributed by atoms with Gasteiger partial charge in [0.1, 0.15) is 0 Å². The van der Waals surface area contributed by atoms with Gasteiger partial charge in [-0.1, -0.05) is 18.5 Å². The Kier molecular flexibility index (Phi) is 7.05. The lowest BCUT2D eigenvalue weighted by molar-refractivity contribution is 0.0778. The van der Waals surface area contributed by atoms with Crippen LogP contribution in [0.25, 0.3) is 0 Å². The molecular weight excluding hydrogens is 354 g/mol. The molecule has 26 heavy (non-hydrogen) atoms. The van der Waals surface area contributed by atoms with Crippen LogP contribution < -0.4 is 0 Å². The summed E-state index contributed by atoms with van der Waals surface area (Å²) in [6, 6.07) is 0. The number of piperidine rings is 1. The molecule has 0 saturated carbocycles. The van der Waals surface area contributed by atoms with Gasteiger partial charge in [0, 0.05) is 38.6 Å². The number of ether oxygens (including phenoxy) is 1. The number of hydrogen-bond donors (Lipinski definition) is 0. The summed E-state index contributed by atoms with van der Waals surface area (Å²) in [6.07, 6.45) is 7.20. The van der Waals surface area contributed by atoms with E-state index in [0.29, 0.717) is 24.9 Å². The molecule has 0 aliphatic carbocycles. The molecule has 2 fully saturated rings. The van der Waals surface area contributed by atoms with E-state index in [-0.39, 0.29) is 5.75 Å². The summed E-state index contributed by atoms with van der Waals surface area (Å²) in [5.41, 5.74) is 0. The maximum Gasteiger partial charge on any atom is 0.229 e. The molecule has 0 amide bonds. The highest BCUT2D eigenvalue weighted by atomic mass is 32.2. The molecule has 1 aromatic heterocycles. The van der Waals surface area contributed by atoms with Crippen molar-refractivity contribution in [1.82, 2.24) is 14.4 Å². The van der Waals surface area contributed by atoms with E-state index in [9.17, 15) is 8.42 Å². The van der Waals surface area contributed by atoms with Crippen LogP contribution >= 0.6 is 0 Å². The summed E-state index contributed by atoms with van der Waals surface area (Å²) in [4.78, 5) is 4.56. The van der Waals surface area contributed by atoms with Crippen molar-refractivity contribution in [1.29, 1.82) is 0 Å². The second-order valence-corrected chi connectivity index (χ2v) is 9.60. The van der Waals surface area contributed by atoms with Gasteiger partial charge >= 0.3 is 0 Å². The minimum absolute atomic E-state index is 0.273. The Labute approximate surface area is 156 Å². The highest BCUT2D eigenvalue weighted by Gasteiger charge is 2.29. The number of sulfonamides is 1. The minimum Gasteiger partial charge on any atom is -0.381 e. The molecule has 3 heterocycles. The SMILES string of the molecule is CCCCS(=O)(=O)N1CCCC(CCc2noc(C3CCOCC3)n2)C1. The van der Waals surface area contributed by atoms with Crippen LogP contribution in [-0.4, -0.2) is 54.9 Å². The molecule has 148 valence electrons. The summed E-state index contributed by atoms with van der Waals surface area (Å²) in [5, 5.41) is 4.13. The molecule has 0 bridgehead atoms. The second kappa shape index (κ2) is 9.28. The van der Waals surface area contributed by atoms with E-state index in [1.807, 2.05) is 6.92 Å². The molecule has 0 aromatic carbocycles. The van der Waals surface area contributed by atoms with Gasteiger partial charge < -0.3 is 9.26 Å². The maximum atomic E-state index is 12.4. The Morgan fingerprint density at radius 1 is 1.23 bits per heavy atom. The standard InChI is InChI=1S/C18H31N3O4S/c1-2-3-13-26(22,23)21-10-4-5-15(14-21)6-7-17-19-18(25-20-17)16-8-11-24-12-9-16/h15-16H,2-14H2,1H3. The van der Waals surface area contributed by atoms with Crippen molar-refractivity contribution in [2.75, 3.05) is 32.1 Å². The van der Waals surface area contributed by atoms with Crippen molar-refractivity contribution in [3.05, 3.63) is 11.7 Å². The first kappa shape index (κ1) is 19.8. The Morgan fingerprint density at radius 3 is 2.81 bits per heavy atom. The Morgan fingerprint density at radius 2 is 2.04 bits per heavy atom. The smallest absolute Gasteiger partial charge is 0.229 e. The van der Waals surface area contributed by atoms with Crippen molar-refractivity contribution in [2.24, 2.45) is 5.92 Å². The summed E-state index contributed by atoms with van der Waals surface area (Å²) < 4.78 is 37.3. The first-order valence-electron chi connectivity index (χ1n) is 9.96. The molecule has 1 atom stereocenters. The quantitative estimate of drug-likeness (QED) is 0.684. The molecule has 2 aliphatic heterocycles. The van der Waals surface area contributed by atoms with Crippen LogP contribution in [0.15, 0.2) is 4.52 Å². The van der Waals surface area contributed by atoms with Gasteiger partial charge in [0.2, 0.25) is 15.9 Å². The van der Waals surface area contributed by atoms with Gasteiger partial charge in [-0.2, -0.15) is 4.98 Å². The largest absolute Gasteiger partial charge is 0.381 e. The fraction of sp³-hybridized carbons (Fsp3) is 0.889. The highest BCUT2D eigenvalue weighted by Crippen LogP contribution is 2.27. The van der Waals surface area contributed by atoms with Gasteiger partial charge in [-0.25, -0.2) is 12.7 Å². The zero-order valence-corrected chi connectivity index (χ0v) is 16.5. The summed E-state index contributed by atoms with van der Waals surface area (Å²) in [6.45, 7) is 4.84. The summed E-state index contributed by atoms with van der Waals surface area (Å²) in [7, 11) is -3.10. The summed E-state index contributed by atoms with van der Waals surface area (Å²) >= 11 is 0. The minimum atomic E-state index is -3.10. The van der Waals surface area contributed by atoms with Crippen LogP contribution in [0.3, 0.4) is 0 Å². The lowest BCUT2D eigenvalue weighted by Gasteiger charge is -2.31. The van der Waals surface area contributed by atoms with E-state index in [2.05, 4.69) is 10.1 Å². The van der Waals surface area contributed by atoms with Crippen LogP contribution in [0, 0.1) is 5.92 Å². The molecule has 2 aliphatic rings. The molecule has 8 heteroatoms. The van der Waals surface area contributed by atoms with E-state index < -0.39 is 10.0 Å². The number of hydrogen-bond acceptors (Lipinski definition) is 6. The average molecular weight is 386 g/mol. The van der Waals surface area contributed by atoms with E-state index in [0.717, 1.165) is 76.3 Å². The first-order valence-corrected chi connectivity index (χ1v) is 11.6. The topological polar surface area (TPSA) is 85.5 Å². The monoisotopic (exact) mass is 385 g/mol. The number of aryl methyl sites for hydroxylation is 1. The van der Waals surface area contributed by atoms with Gasteiger partial charge in [0.15, 0.2) is 5.82 Å². The molecule has 2 saturated heterocycles. The Balaban J connectivity index is 1.49. The molecule has 7 nitrogen and oxygen atoms in total. The van der Waals surface area contributed by atoms with E-state index >= 15 is 0 Å². The number of unbranched alkanes of at least 4 members (excludes halogenated alkanes) is 1. The third-order valence-electron chi connectivity index (χ3n) is 5.46. The van der Waals surface area contributed by atoms with Crippen molar-refractivity contribution < 1.29 is 17.7 Å². The van der Waals surface area contributed by atoms with Crippen molar-refractivity contribution in [2.45, 2.75) is 64.2 Å². The van der Waals surface area contributed by atoms with Crippen molar-refractivity contribution in [3.8, 4) is 0 Å². The van der Waals surface area contributed by atoms with Crippen molar-refractivity contribution >= 4 is 10.0 Å². The van der Waals surface area contributed by atoms with Gasteiger partial charge in [0.25, 0.3) is 0 Å². The molecule has 1 unspecified atom stereocenters. The molecular formula is C18H31N3O4S. The van der Waals surface area contributed by atoms with E-state index in [1.54, 1.807) is 4.31 Å². The van der Waals surface area contributed by atoms with Gasteiger partial charge in [-0.3, -0.25) is 0 Å². The number of rotatable bonds is 8. The predicted molar refractivity (Wildman–Crippen MR) is 98.4 cm³/mol. The third kappa shape index (κ3) is 5.27. The number of nitrogens with zero attached hydrogens (tertiary/aromatic N) is 3. The zero-order valence-electron chi connectivity index (χ0n) is 15.7. The van der Waals surface area contributed by atoms with Crippen LogP contribution in [0.1, 0.15) is 69.5 Å². The molecule has 0 N–H and O–H groups in total. The summed E-state index contributed by atoms with van der Waals surface area (Å²) in [5.74, 6) is 2.45. The van der Waals surface area contributed by atoms with Crippen LogP contribution in [0.4, 0.5) is 0 Å². The highest BCUT2D eigenvalue weighted by molar-refractivity contribution is 7.89. The third-order valence-corrected chi connectivity index (χ3v) is 7.38. The van der Waals surface area contributed by atoms with Crippen LogP contribution in [-0.2, 0) is 21.2 Å². The fourth-order valence-corrected chi connectivity index (χ4v) is 5.54. The van der Waals surface area contributed by atoms with Gasteiger partial charge in [-0.05, 0) is 44.4 Å². The van der Waals surface area contributed by atoms with Gasteiger partial charge in [0.05, 0.1) is 5.75 Å².